The number of likely N-dealkylation sites (tertiary alicyclic amines) is 1. The van der Waals surface area contributed by atoms with Gasteiger partial charge in [0, 0.05) is 13.1 Å². The summed E-state index contributed by atoms with van der Waals surface area (Å²) in [5.41, 5.74) is -0.628. The van der Waals surface area contributed by atoms with Crippen molar-refractivity contribution in [3.63, 3.8) is 0 Å². The van der Waals surface area contributed by atoms with Crippen LogP contribution in [0.5, 0.6) is 0 Å². The molecule has 1 aliphatic rings. The van der Waals surface area contributed by atoms with Crippen molar-refractivity contribution in [2.75, 3.05) is 13.1 Å². The number of hydrogen-bond donors (Lipinski definition) is 0. The molecule has 1 aliphatic heterocycles. The molecule has 0 unspecified atom stereocenters. The lowest BCUT2D eigenvalue weighted by Gasteiger charge is -2.31. The van der Waals surface area contributed by atoms with Crippen molar-refractivity contribution in [2.24, 2.45) is 5.41 Å². The number of carbonyl (C=O) groups is 1. The summed E-state index contributed by atoms with van der Waals surface area (Å²) in [5, 5.41) is 0. The summed E-state index contributed by atoms with van der Waals surface area (Å²) in [5.74, 6) is 2.65. The lowest BCUT2D eigenvalue weighted by atomic mass is 9.92. The molecule has 0 aromatic heterocycles. The molecule has 0 aromatic rings. The van der Waals surface area contributed by atoms with Crippen LogP contribution in [0.4, 0.5) is 0 Å². The maximum Gasteiger partial charge on any atom is 0.240 e. The van der Waals surface area contributed by atoms with Crippen LogP contribution < -0.4 is 0 Å². The van der Waals surface area contributed by atoms with Crippen LogP contribution in [0.2, 0.25) is 0 Å². The molecule has 0 N–H and O–H groups in total. The molecule has 0 spiro atoms. The molecule has 2 nitrogen and oxygen atoms in total. The van der Waals surface area contributed by atoms with Gasteiger partial charge in [-0.3, -0.25) is 4.79 Å². The molecule has 0 bridgehead atoms. The van der Waals surface area contributed by atoms with Crippen LogP contribution in [0, 0.1) is 17.8 Å². The zero-order valence-corrected chi connectivity index (χ0v) is 8.47. The Bertz CT molecular complexity index is 231. The number of terminal acetylenes is 1. The van der Waals surface area contributed by atoms with Gasteiger partial charge >= 0.3 is 0 Å². The molecule has 1 amide bonds. The monoisotopic (exact) mass is 179 g/mol. The molecule has 13 heavy (non-hydrogen) atoms. The van der Waals surface area contributed by atoms with Crippen LogP contribution in [0.1, 0.15) is 33.1 Å². The molecule has 0 atom stereocenters. The van der Waals surface area contributed by atoms with Crippen molar-refractivity contribution >= 4 is 5.91 Å². The number of carbonyl (C=O) groups excluding carboxylic acids is 1. The second-order valence-electron chi connectivity index (χ2n) is 4.12. The molecular formula is C11H17NO. The summed E-state index contributed by atoms with van der Waals surface area (Å²) < 4.78 is 0. The van der Waals surface area contributed by atoms with Gasteiger partial charge in [0.2, 0.25) is 5.91 Å². The smallest absolute Gasteiger partial charge is 0.240 e. The van der Waals surface area contributed by atoms with Crippen molar-refractivity contribution in [3.8, 4) is 12.3 Å². The Morgan fingerprint density at radius 3 is 2.31 bits per heavy atom. The topological polar surface area (TPSA) is 20.3 Å². The Morgan fingerprint density at radius 2 is 1.85 bits per heavy atom. The van der Waals surface area contributed by atoms with Crippen LogP contribution in [0.3, 0.4) is 0 Å². The lowest BCUT2D eigenvalue weighted by Crippen LogP contribution is -2.43. The van der Waals surface area contributed by atoms with Gasteiger partial charge in [0.1, 0.15) is 5.41 Å². The van der Waals surface area contributed by atoms with Crippen molar-refractivity contribution < 1.29 is 4.79 Å². The van der Waals surface area contributed by atoms with Crippen LogP contribution in [-0.2, 0) is 4.79 Å². The van der Waals surface area contributed by atoms with E-state index in [-0.39, 0.29) is 5.91 Å². The maximum absolute atomic E-state index is 11.8. The summed E-state index contributed by atoms with van der Waals surface area (Å²) in [6, 6.07) is 0. The first kappa shape index (κ1) is 10.1. The van der Waals surface area contributed by atoms with Crippen molar-refractivity contribution in [2.45, 2.75) is 33.1 Å². The van der Waals surface area contributed by atoms with Crippen LogP contribution in [0.25, 0.3) is 0 Å². The summed E-state index contributed by atoms with van der Waals surface area (Å²) in [4.78, 5) is 13.7. The average molecular weight is 179 g/mol. The van der Waals surface area contributed by atoms with E-state index in [4.69, 9.17) is 6.42 Å². The fourth-order valence-electron chi connectivity index (χ4n) is 1.55. The van der Waals surface area contributed by atoms with E-state index < -0.39 is 5.41 Å². The van der Waals surface area contributed by atoms with Crippen LogP contribution >= 0.6 is 0 Å². The summed E-state index contributed by atoms with van der Waals surface area (Å²) >= 11 is 0. The quantitative estimate of drug-likeness (QED) is 0.561. The minimum atomic E-state index is -0.628. The molecule has 1 fully saturated rings. The van der Waals surface area contributed by atoms with E-state index in [0.29, 0.717) is 0 Å². The van der Waals surface area contributed by atoms with Gasteiger partial charge in [-0.15, -0.1) is 6.42 Å². The molecular weight excluding hydrogens is 162 g/mol. The fraction of sp³-hybridized carbons (Fsp3) is 0.727. The Balaban J connectivity index is 2.61. The first-order valence-corrected chi connectivity index (χ1v) is 4.85. The van der Waals surface area contributed by atoms with E-state index in [1.807, 2.05) is 18.7 Å². The highest BCUT2D eigenvalue weighted by Crippen LogP contribution is 2.20. The normalized spacial score (nSPS) is 18.1. The van der Waals surface area contributed by atoms with Gasteiger partial charge in [0.05, 0.1) is 0 Å². The molecule has 0 aromatic carbocycles. The lowest BCUT2D eigenvalue weighted by molar-refractivity contribution is -0.138. The number of hydrogen-bond acceptors (Lipinski definition) is 1. The van der Waals surface area contributed by atoms with Gasteiger partial charge in [-0.25, -0.2) is 0 Å². The van der Waals surface area contributed by atoms with Gasteiger partial charge in [0.25, 0.3) is 0 Å². The predicted octanol–water partition coefficient (Wildman–Crippen LogP) is 1.66. The molecule has 0 aliphatic carbocycles. The van der Waals surface area contributed by atoms with Crippen molar-refractivity contribution in [1.29, 1.82) is 0 Å². The Labute approximate surface area is 80.3 Å². The largest absolute Gasteiger partial charge is 0.341 e. The van der Waals surface area contributed by atoms with Gasteiger partial charge in [-0.2, -0.15) is 0 Å². The molecule has 0 radical (unpaired) electrons. The van der Waals surface area contributed by atoms with Gasteiger partial charge in [-0.1, -0.05) is 5.92 Å². The summed E-state index contributed by atoms with van der Waals surface area (Å²) in [6.07, 6.45) is 8.79. The third-order valence-corrected chi connectivity index (χ3v) is 2.54. The summed E-state index contributed by atoms with van der Waals surface area (Å²) in [6.45, 7) is 5.38. The van der Waals surface area contributed by atoms with E-state index >= 15 is 0 Å². The number of nitrogens with zero attached hydrogens (tertiary/aromatic N) is 1. The molecule has 1 saturated heterocycles. The number of rotatable bonds is 1. The third kappa shape index (κ3) is 2.24. The third-order valence-electron chi connectivity index (χ3n) is 2.54. The van der Waals surface area contributed by atoms with E-state index in [0.717, 1.165) is 25.9 Å². The first-order chi connectivity index (χ1) is 6.08. The summed E-state index contributed by atoms with van der Waals surface area (Å²) in [7, 11) is 0. The van der Waals surface area contributed by atoms with Gasteiger partial charge < -0.3 is 4.90 Å². The van der Waals surface area contributed by atoms with Crippen LogP contribution in [-0.4, -0.2) is 23.9 Å². The van der Waals surface area contributed by atoms with E-state index in [1.165, 1.54) is 6.42 Å². The highest BCUT2D eigenvalue weighted by atomic mass is 16.2. The van der Waals surface area contributed by atoms with Gasteiger partial charge in [0.15, 0.2) is 0 Å². The zero-order chi connectivity index (χ0) is 9.90. The van der Waals surface area contributed by atoms with Crippen LogP contribution in [0.15, 0.2) is 0 Å². The predicted molar refractivity (Wildman–Crippen MR) is 53.0 cm³/mol. The Morgan fingerprint density at radius 1 is 1.31 bits per heavy atom. The van der Waals surface area contributed by atoms with E-state index in [1.54, 1.807) is 0 Å². The minimum Gasteiger partial charge on any atom is -0.341 e. The highest BCUT2D eigenvalue weighted by Gasteiger charge is 2.30. The number of piperidine rings is 1. The average Bonchev–Trinajstić information content (AvgIpc) is 2.18. The maximum atomic E-state index is 11.8. The van der Waals surface area contributed by atoms with Gasteiger partial charge in [-0.05, 0) is 33.1 Å². The van der Waals surface area contributed by atoms with Crippen molar-refractivity contribution in [3.05, 3.63) is 0 Å². The molecule has 2 heteroatoms. The molecule has 0 saturated carbocycles. The zero-order valence-electron chi connectivity index (χ0n) is 8.47. The highest BCUT2D eigenvalue weighted by molar-refractivity contribution is 5.85. The standard InChI is InChI=1S/C11H17NO/c1-4-11(2,3)10(13)12-8-6-5-7-9-12/h1H,5-9H2,2-3H3. The Hall–Kier alpha value is -0.970. The second-order valence-corrected chi connectivity index (χ2v) is 4.12. The fourth-order valence-corrected chi connectivity index (χ4v) is 1.55. The SMILES string of the molecule is C#CC(C)(C)C(=O)N1CCCCC1. The molecule has 1 heterocycles. The molecule has 72 valence electrons. The number of amides is 1. The molecule has 1 rings (SSSR count). The van der Waals surface area contributed by atoms with E-state index in [9.17, 15) is 4.79 Å². The van der Waals surface area contributed by atoms with Crippen molar-refractivity contribution in [1.82, 2.24) is 4.90 Å². The minimum absolute atomic E-state index is 0.106. The second kappa shape index (κ2) is 3.83. The van der Waals surface area contributed by atoms with E-state index in [2.05, 4.69) is 5.92 Å². The first-order valence-electron chi connectivity index (χ1n) is 4.85. The Kier molecular flexibility index (Phi) is 2.98.